The highest BCUT2D eigenvalue weighted by Crippen LogP contribution is 2.34. The zero-order chi connectivity index (χ0) is 13.8. The monoisotopic (exact) mass is 264 g/mol. The predicted octanol–water partition coefficient (Wildman–Crippen LogP) is 2.77. The first kappa shape index (κ1) is 15.3. The number of nitrogens with one attached hydrogen (secondary N) is 1. The summed E-state index contributed by atoms with van der Waals surface area (Å²) in [5.74, 6) is 0. The number of rotatable bonds is 5. The molecule has 0 amide bonds. The molecule has 1 fully saturated rings. The largest absolute Gasteiger partial charge is 0.414 e. The third-order valence-corrected chi connectivity index (χ3v) is 3.25. The maximum absolute atomic E-state index is 12.4. The van der Waals surface area contributed by atoms with E-state index in [1.807, 2.05) is 6.92 Å². The quantitative estimate of drug-likeness (QED) is 0.830. The molecule has 3 nitrogen and oxygen atoms in total. The topological polar surface area (TPSA) is 45.0 Å². The second-order valence-electron chi connectivity index (χ2n) is 4.81. The molecule has 1 aliphatic rings. The van der Waals surface area contributed by atoms with E-state index >= 15 is 0 Å². The molecule has 0 aliphatic heterocycles. The van der Waals surface area contributed by atoms with E-state index in [1.165, 1.54) is 0 Å². The SMILES string of the molecule is CCCNC1(C#N)CCC(OC(C)C(F)(F)F)C1. The molecule has 6 heteroatoms. The van der Waals surface area contributed by atoms with Crippen molar-refractivity contribution in [2.45, 2.75) is 63.5 Å². The lowest BCUT2D eigenvalue weighted by atomic mass is 9.99. The Hall–Kier alpha value is -0.800. The van der Waals surface area contributed by atoms with Gasteiger partial charge in [0.2, 0.25) is 0 Å². The van der Waals surface area contributed by atoms with E-state index in [1.54, 1.807) is 0 Å². The average Bonchev–Trinajstić information content (AvgIpc) is 2.69. The molecule has 0 aromatic carbocycles. The van der Waals surface area contributed by atoms with Crippen LogP contribution in [0.5, 0.6) is 0 Å². The Morgan fingerprint density at radius 3 is 2.72 bits per heavy atom. The summed E-state index contributed by atoms with van der Waals surface area (Å²) in [5.41, 5.74) is -0.716. The first-order valence-electron chi connectivity index (χ1n) is 6.21. The summed E-state index contributed by atoms with van der Waals surface area (Å²) in [7, 11) is 0. The molecular weight excluding hydrogens is 245 g/mol. The fourth-order valence-electron chi connectivity index (χ4n) is 2.15. The number of ether oxygens (including phenoxy) is 1. The van der Waals surface area contributed by atoms with Crippen molar-refractivity contribution < 1.29 is 17.9 Å². The zero-order valence-electron chi connectivity index (χ0n) is 10.7. The molecule has 1 N–H and O–H groups in total. The maximum Gasteiger partial charge on any atom is 0.414 e. The van der Waals surface area contributed by atoms with Crippen molar-refractivity contribution in [3.8, 4) is 6.07 Å². The molecule has 0 spiro atoms. The molecule has 0 bridgehead atoms. The summed E-state index contributed by atoms with van der Waals surface area (Å²) in [6, 6.07) is 2.18. The van der Waals surface area contributed by atoms with Gasteiger partial charge in [0.25, 0.3) is 0 Å². The Bertz CT molecular complexity index is 313. The number of nitriles is 1. The minimum absolute atomic E-state index is 0.323. The standard InChI is InChI=1S/C12H19F3N2O/c1-3-6-17-11(8-16)5-4-10(7-11)18-9(2)12(13,14)15/h9-10,17H,3-7H2,1-2H3. The minimum Gasteiger partial charge on any atom is -0.366 e. The van der Waals surface area contributed by atoms with E-state index < -0.39 is 23.9 Å². The van der Waals surface area contributed by atoms with Gasteiger partial charge in [0.1, 0.15) is 5.54 Å². The summed E-state index contributed by atoms with van der Waals surface area (Å²) in [5, 5.41) is 12.3. The molecule has 3 atom stereocenters. The van der Waals surface area contributed by atoms with Gasteiger partial charge in [0.15, 0.2) is 6.10 Å². The van der Waals surface area contributed by atoms with Crippen LogP contribution in [0.25, 0.3) is 0 Å². The first-order valence-corrected chi connectivity index (χ1v) is 6.21. The lowest BCUT2D eigenvalue weighted by Crippen LogP contribution is -2.43. The van der Waals surface area contributed by atoms with Crippen molar-refractivity contribution in [2.75, 3.05) is 6.54 Å². The molecule has 104 valence electrons. The molecule has 1 aliphatic carbocycles. The van der Waals surface area contributed by atoms with E-state index in [0.717, 1.165) is 13.3 Å². The zero-order valence-corrected chi connectivity index (χ0v) is 10.7. The van der Waals surface area contributed by atoms with E-state index in [4.69, 9.17) is 10.00 Å². The average molecular weight is 264 g/mol. The van der Waals surface area contributed by atoms with Gasteiger partial charge in [0.05, 0.1) is 12.2 Å². The van der Waals surface area contributed by atoms with Gasteiger partial charge in [-0.15, -0.1) is 0 Å². The van der Waals surface area contributed by atoms with Gasteiger partial charge < -0.3 is 4.74 Å². The Labute approximate surface area is 105 Å². The van der Waals surface area contributed by atoms with Gasteiger partial charge in [-0.2, -0.15) is 18.4 Å². The number of alkyl halides is 3. The van der Waals surface area contributed by atoms with Crippen molar-refractivity contribution >= 4 is 0 Å². The van der Waals surface area contributed by atoms with Crippen molar-refractivity contribution in [1.29, 1.82) is 5.26 Å². The maximum atomic E-state index is 12.4. The van der Waals surface area contributed by atoms with Crippen LogP contribution in [0.4, 0.5) is 13.2 Å². The van der Waals surface area contributed by atoms with Crippen LogP contribution in [0.1, 0.15) is 39.5 Å². The highest BCUT2D eigenvalue weighted by Gasteiger charge is 2.44. The predicted molar refractivity (Wildman–Crippen MR) is 60.9 cm³/mol. The third kappa shape index (κ3) is 3.85. The van der Waals surface area contributed by atoms with Crippen LogP contribution in [0, 0.1) is 11.3 Å². The summed E-state index contributed by atoms with van der Waals surface area (Å²) in [6.45, 7) is 3.67. The number of halogens is 3. The molecule has 1 saturated carbocycles. The van der Waals surface area contributed by atoms with Crippen LogP contribution in [-0.4, -0.2) is 30.5 Å². The minimum atomic E-state index is -4.34. The van der Waals surface area contributed by atoms with Gasteiger partial charge in [0, 0.05) is 6.42 Å². The van der Waals surface area contributed by atoms with Gasteiger partial charge in [-0.05, 0) is 32.7 Å². The molecule has 1 rings (SSSR count). The van der Waals surface area contributed by atoms with Gasteiger partial charge >= 0.3 is 6.18 Å². The number of hydrogen-bond acceptors (Lipinski definition) is 3. The van der Waals surface area contributed by atoms with Crippen LogP contribution in [0.3, 0.4) is 0 Å². The summed E-state index contributed by atoms with van der Waals surface area (Å²) in [4.78, 5) is 0. The summed E-state index contributed by atoms with van der Waals surface area (Å²) >= 11 is 0. The number of hydrogen-bond donors (Lipinski definition) is 1. The molecule has 18 heavy (non-hydrogen) atoms. The smallest absolute Gasteiger partial charge is 0.366 e. The second kappa shape index (κ2) is 5.89. The van der Waals surface area contributed by atoms with Crippen molar-refractivity contribution in [2.24, 2.45) is 0 Å². The molecule has 0 aromatic rings. The summed E-state index contributed by atoms with van der Waals surface area (Å²) < 4.78 is 42.1. The Morgan fingerprint density at radius 1 is 1.56 bits per heavy atom. The molecular formula is C12H19F3N2O. The highest BCUT2D eigenvalue weighted by molar-refractivity contribution is 5.12. The first-order chi connectivity index (χ1) is 8.33. The second-order valence-corrected chi connectivity index (χ2v) is 4.81. The van der Waals surface area contributed by atoms with E-state index in [0.29, 0.717) is 25.8 Å². The van der Waals surface area contributed by atoms with E-state index in [2.05, 4.69) is 11.4 Å². The van der Waals surface area contributed by atoms with Crippen LogP contribution in [0.15, 0.2) is 0 Å². The third-order valence-electron chi connectivity index (χ3n) is 3.25. The lowest BCUT2D eigenvalue weighted by Gasteiger charge is -2.24. The van der Waals surface area contributed by atoms with Gasteiger partial charge in [-0.3, -0.25) is 5.32 Å². The Balaban J connectivity index is 2.52. The molecule has 0 saturated heterocycles. The molecule has 0 aromatic heterocycles. The molecule has 0 radical (unpaired) electrons. The fraction of sp³-hybridized carbons (Fsp3) is 0.917. The van der Waals surface area contributed by atoms with E-state index in [9.17, 15) is 13.2 Å². The Kier molecular flexibility index (Phi) is 5.00. The lowest BCUT2D eigenvalue weighted by molar-refractivity contribution is -0.226. The van der Waals surface area contributed by atoms with Crippen LogP contribution in [-0.2, 0) is 4.74 Å². The van der Waals surface area contributed by atoms with Gasteiger partial charge in [-0.1, -0.05) is 6.92 Å². The van der Waals surface area contributed by atoms with Crippen LogP contribution < -0.4 is 5.32 Å². The Morgan fingerprint density at radius 2 is 2.22 bits per heavy atom. The molecule has 3 unspecified atom stereocenters. The highest BCUT2D eigenvalue weighted by atomic mass is 19.4. The summed E-state index contributed by atoms with van der Waals surface area (Å²) in [6.07, 6.45) is -4.37. The fourth-order valence-corrected chi connectivity index (χ4v) is 2.15. The van der Waals surface area contributed by atoms with Crippen molar-refractivity contribution in [1.82, 2.24) is 5.32 Å². The van der Waals surface area contributed by atoms with Crippen LogP contribution >= 0.6 is 0 Å². The van der Waals surface area contributed by atoms with E-state index in [-0.39, 0.29) is 0 Å². The normalized spacial score (nSPS) is 30.1. The number of nitrogens with zero attached hydrogens (tertiary/aromatic N) is 1. The van der Waals surface area contributed by atoms with Crippen LogP contribution in [0.2, 0.25) is 0 Å². The van der Waals surface area contributed by atoms with Crippen molar-refractivity contribution in [3.63, 3.8) is 0 Å². The van der Waals surface area contributed by atoms with Gasteiger partial charge in [-0.25, -0.2) is 0 Å². The molecule has 0 heterocycles. The van der Waals surface area contributed by atoms with Crippen molar-refractivity contribution in [3.05, 3.63) is 0 Å².